The Morgan fingerprint density at radius 2 is 2.27 bits per heavy atom. The van der Waals surface area contributed by atoms with Gasteiger partial charge in [0.15, 0.2) is 5.89 Å². The zero-order valence-electron chi connectivity index (χ0n) is 8.60. The van der Waals surface area contributed by atoms with Gasteiger partial charge in [-0.05, 0) is 13.0 Å². The van der Waals surface area contributed by atoms with Crippen molar-refractivity contribution in [1.82, 2.24) is 4.98 Å². The van der Waals surface area contributed by atoms with Crippen LogP contribution in [0.2, 0.25) is 0 Å². The molecule has 1 aromatic heterocycles. The van der Waals surface area contributed by atoms with Crippen molar-refractivity contribution in [2.75, 3.05) is 6.61 Å². The van der Waals surface area contributed by atoms with Crippen LogP contribution >= 0.6 is 0 Å². The number of rotatable bonds is 3. The second kappa shape index (κ2) is 4.28. The van der Waals surface area contributed by atoms with E-state index in [2.05, 4.69) is 11.1 Å². The molecule has 0 amide bonds. The van der Waals surface area contributed by atoms with E-state index in [4.69, 9.17) is 9.52 Å². The van der Waals surface area contributed by atoms with E-state index in [9.17, 15) is 0 Å². The molecule has 15 heavy (non-hydrogen) atoms. The number of nitrogens with zero attached hydrogens (tertiary/aromatic N) is 1. The molecule has 1 N–H and O–H groups in total. The van der Waals surface area contributed by atoms with Crippen LogP contribution in [0.3, 0.4) is 0 Å². The van der Waals surface area contributed by atoms with Crippen molar-refractivity contribution in [2.45, 2.75) is 13.3 Å². The lowest BCUT2D eigenvalue weighted by molar-refractivity contribution is 0.285. The first-order valence-corrected chi connectivity index (χ1v) is 4.92. The summed E-state index contributed by atoms with van der Waals surface area (Å²) in [4.78, 5) is 4.28. The molecule has 0 unspecified atom stereocenters. The predicted molar refractivity (Wildman–Crippen MR) is 57.5 cm³/mol. The Bertz CT molecular complexity index is 448. The maximum Gasteiger partial charge on any atom is 0.196 e. The summed E-state index contributed by atoms with van der Waals surface area (Å²) >= 11 is 0. The van der Waals surface area contributed by atoms with E-state index in [0.29, 0.717) is 12.3 Å². The first-order chi connectivity index (χ1) is 7.29. The molecule has 0 fully saturated rings. The molecule has 0 atom stereocenters. The fraction of sp³-hybridized carbons (Fsp3) is 0.250. The van der Waals surface area contributed by atoms with Gasteiger partial charge in [0.2, 0.25) is 0 Å². The second-order valence-corrected chi connectivity index (χ2v) is 3.47. The fourth-order valence-corrected chi connectivity index (χ4v) is 1.46. The van der Waals surface area contributed by atoms with Gasteiger partial charge in [-0.1, -0.05) is 23.8 Å². The maximum atomic E-state index is 8.74. The van der Waals surface area contributed by atoms with Gasteiger partial charge in [-0.3, -0.25) is 0 Å². The molecule has 2 rings (SSSR count). The van der Waals surface area contributed by atoms with Crippen LogP contribution in [0.15, 0.2) is 34.9 Å². The third kappa shape index (κ3) is 2.25. The summed E-state index contributed by atoms with van der Waals surface area (Å²) < 4.78 is 5.23. The van der Waals surface area contributed by atoms with Crippen molar-refractivity contribution in [1.29, 1.82) is 0 Å². The number of aliphatic hydroxyl groups is 1. The normalized spacial score (nSPS) is 10.5. The minimum absolute atomic E-state index is 0.0633. The molecule has 0 aliphatic carbocycles. The molecule has 3 nitrogen and oxygen atoms in total. The van der Waals surface area contributed by atoms with Gasteiger partial charge in [0.25, 0.3) is 0 Å². The summed E-state index contributed by atoms with van der Waals surface area (Å²) in [5.41, 5.74) is 3.06. The van der Waals surface area contributed by atoms with E-state index >= 15 is 0 Å². The molecule has 0 aliphatic rings. The van der Waals surface area contributed by atoms with Gasteiger partial charge >= 0.3 is 0 Å². The Balaban J connectivity index is 2.29. The molecule has 2 aromatic rings. The molecule has 3 heteroatoms. The molecular formula is C12H13NO2. The molecule has 1 heterocycles. The molecule has 1 aromatic carbocycles. The van der Waals surface area contributed by atoms with Crippen molar-refractivity contribution in [3.8, 4) is 11.3 Å². The average Bonchev–Trinajstić information content (AvgIpc) is 2.67. The van der Waals surface area contributed by atoms with Crippen molar-refractivity contribution >= 4 is 0 Å². The van der Waals surface area contributed by atoms with E-state index in [0.717, 1.165) is 11.3 Å². The Labute approximate surface area is 88.4 Å². The number of hydrogen-bond donors (Lipinski definition) is 1. The largest absolute Gasteiger partial charge is 0.448 e. The fourth-order valence-electron chi connectivity index (χ4n) is 1.46. The molecule has 0 spiro atoms. The molecule has 0 aliphatic heterocycles. The topological polar surface area (TPSA) is 46.3 Å². The minimum atomic E-state index is 0.0633. The van der Waals surface area contributed by atoms with Crippen LogP contribution in [0.5, 0.6) is 0 Å². The van der Waals surface area contributed by atoms with E-state index in [1.165, 1.54) is 5.56 Å². The zero-order chi connectivity index (χ0) is 10.7. The summed E-state index contributed by atoms with van der Waals surface area (Å²) in [6.07, 6.45) is 2.09. The third-order valence-corrected chi connectivity index (χ3v) is 2.19. The zero-order valence-corrected chi connectivity index (χ0v) is 8.60. The highest BCUT2D eigenvalue weighted by molar-refractivity contribution is 5.58. The molecule has 0 radical (unpaired) electrons. The van der Waals surface area contributed by atoms with Crippen LogP contribution in [-0.4, -0.2) is 16.7 Å². The summed E-state index contributed by atoms with van der Waals surface area (Å²) in [6, 6.07) is 8.08. The maximum absolute atomic E-state index is 8.74. The van der Waals surface area contributed by atoms with Crippen LogP contribution in [0.25, 0.3) is 11.3 Å². The average molecular weight is 203 g/mol. The van der Waals surface area contributed by atoms with Gasteiger partial charge in [-0.15, -0.1) is 0 Å². The molecular weight excluding hydrogens is 190 g/mol. The van der Waals surface area contributed by atoms with Gasteiger partial charge in [0.1, 0.15) is 12.0 Å². The van der Waals surface area contributed by atoms with Crippen molar-refractivity contribution in [3.05, 3.63) is 42.0 Å². The van der Waals surface area contributed by atoms with Crippen molar-refractivity contribution < 1.29 is 9.52 Å². The first-order valence-electron chi connectivity index (χ1n) is 4.92. The highest BCUT2D eigenvalue weighted by Gasteiger charge is 2.05. The number of aromatic nitrogens is 1. The summed E-state index contributed by atoms with van der Waals surface area (Å²) in [5.74, 6) is 0.578. The quantitative estimate of drug-likeness (QED) is 0.831. The lowest BCUT2D eigenvalue weighted by Crippen LogP contribution is -1.90. The van der Waals surface area contributed by atoms with Crippen LogP contribution in [0, 0.1) is 6.92 Å². The second-order valence-electron chi connectivity index (χ2n) is 3.47. The molecule has 0 saturated carbocycles. The molecule has 0 bridgehead atoms. The molecule has 0 saturated heterocycles. The lowest BCUT2D eigenvalue weighted by atomic mass is 10.1. The van der Waals surface area contributed by atoms with Crippen molar-refractivity contribution in [2.24, 2.45) is 0 Å². The van der Waals surface area contributed by atoms with Crippen LogP contribution in [0.4, 0.5) is 0 Å². The lowest BCUT2D eigenvalue weighted by Gasteiger charge is -1.96. The predicted octanol–water partition coefficient (Wildman–Crippen LogP) is 2.18. The van der Waals surface area contributed by atoms with E-state index in [1.54, 1.807) is 6.26 Å². The van der Waals surface area contributed by atoms with Gasteiger partial charge in [-0.2, -0.15) is 0 Å². The summed E-state index contributed by atoms with van der Waals surface area (Å²) in [5, 5.41) is 8.74. The SMILES string of the molecule is Cc1cccc(-c2coc(CCO)n2)c1. The van der Waals surface area contributed by atoms with Gasteiger partial charge < -0.3 is 9.52 Å². The Hall–Kier alpha value is -1.61. The highest BCUT2D eigenvalue weighted by atomic mass is 16.3. The number of oxazole rings is 1. The van der Waals surface area contributed by atoms with Crippen LogP contribution in [-0.2, 0) is 6.42 Å². The third-order valence-electron chi connectivity index (χ3n) is 2.19. The van der Waals surface area contributed by atoms with Crippen LogP contribution in [0.1, 0.15) is 11.5 Å². The Morgan fingerprint density at radius 3 is 3.00 bits per heavy atom. The summed E-state index contributed by atoms with van der Waals surface area (Å²) in [6.45, 7) is 2.10. The monoisotopic (exact) mass is 203 g/mol. The number of hydrogen-bond acceptors (Lipinski definition) is 3. The van der Waals surface area contributed by atoms with E-state index in [1.807, 2.05) is 25.1 Å². The number of aliphatic hydroxyl groups excluding tert-OH is 1. The standard InChI is InChI=1S/C12H13NO2/c1-9-3-2-4-10(7-9)11-8-15-12(13-11)5-6-14/h2-4,7-8,14H,5-6H2,1H3. The van der Waals surface area contributed by atoms with Gasteiger partial charge in [-0.25, -0.2) is 4.98 Å². The highest BCUT2D eigenvalue weighted by Crippen LogP contribution is 2.19. The van der Waals surface area contributed by atoms with E-state index in [-0.39, 0.29) is 6.61 Å². The first kappa shape index (κ1) is 9.93. The van der Waals surface area contributed by atoms with Crippen LogP contribution < -0.4 is 0 Å². The summed E-state index contributed by atoms with van der Waals surface area (Å²) in [7, 11) is 0. The minimum Gasteiger partial charge on any atom is -0.448 e. The van der Waals surface area contributed by atoms with Gasteiger partial charge in [0.05, 0.1) is 6.61 Å². The van der Waals surface area contributed by atoms with Gasteiger partial charge in [0, 0.05) is 12.0 Å². The number of benzene rings is 1. The Kier molecular flexibility index (Phi) is 2.83. The number of aryl methyl sites for hydroxylation is 1. The van der Waals surface area contributed by atoms with E-state index < -0.39 is 0 Å². The Morgan fingerprint density at radius 1 is 1.40 bits per heavy atom. The van der Waals surface area contributed by atoms with Crippen molar-refractivity contribution in [3.63, 3.8) is 0 Å². The molecule has 78 valence electrons. The smallest absolute Gasteiger partial charge is 0.196 e.